The molecule has 1 amide bonds. The number of rotatable bonds is 4. The number of hydrogen-bond acceptors (Lipinski definition) is 3. The summed E-state index contributed by atoms with van der Waals surface area (Å²) in [5.74, 6) is -1.00. The first-order valence-electron chi connectivity index (χ1n) is 6.52. The molecule has 104 valence electrons. The van der Waals surface area contributed by atoms with Crippen molar-refractivity contribution in [1.82, 2.24) is 5.32 Å². The zero-order valence-electron chi connectivity index (χ0n) is 11.1. The van der Waals surface area contributed by atoms with Gasteiger partial charge in [-0.3, -0.25) is 9.59 Å². The fraction of sp³-hybridized carbons (Fsp3) is 0.333. The van der Waals surface area contributed by atoms with Crippen LogP contribution in [0.2, 0.25) is 0 Å². The van der Waals surface area contributed by atoms with E-state index in [2.05, 4.69) is 5.32 Å². The van der Waals surface area contributed by atoms with Crippen molar-refractivity contribution in [2.24, 2.45) is 5.41 Å². The summed E-state index contributed by atoms with van der Waals surface area (Å²) in [6, 6.07) is 7.35. The van der Waals surface area contributed by atoms with E-state index in [0.717, 1.165) is 10.9 Å². The normalized spacial score (nSPS) is 16.1. The molecule has 0 bridgehead atoms. The van der Waals surface area contributed by atoms with Gasteiger partial charge < -0.3 is 14.8 Å². The number of fused-ring (bicyclic) bond motifs is 1. The van der Waals surface area contributed by atoms with Crippen LogP contribution < -0.4 is 5.32 Å². The highest BCUT2D eigenvalue weighted by Gasteiger charge is 2.50. The maximum atomic E-state index is 12.0. The molecule has 1 aromatic carbocycles. The quantitative estimate of drug-likeness (QED) is 0.896. The van der Waals surface area contributed by atoms with Gasteiger partial charge in [-0.25, -0.2) is 0 Å². The summed E-state index contributed by atoms with van der Waals surface area (Å²) >= 11 is 0. The van der Waals surface area contributed by atoms with E-state index in [1.165, 1.54) is 0 Å². The smallest absolute Gasteiger partial charge is 0.311 e. The van der Waals surface area contributed by atoms with E-state index >= 15 is 0 Å². The van der Waals surface area contributed by atoms with Gasteiger partial charge >= 0.3 is 5.97 Å². The largest absolute Gasteiger partial charge is 0.481 e. The lowest BCUT2D eigenvalue weighted by atomic mass is 10.1. The van der Waals surface area contributed by atoms with Crippen molar-refractivity contribution in [1.29, 1.82) is 0 Å². The van der Waals surface area contributed by atoms with E-state index in [0.29, 0.717) is 18.4 Å². The minimum atomic E-state index is -0.849. The predicted octanol–water partition coefficient (Wildman–Crippen LogP) is 2.34. The molecule has 1 saturated carbocycles. The standard InChI is InChI=1S/C15H15NO4/c1-9-2-3-11-10(6-9)7-12(20-11)13(17)16-8-15(4-5-15)14(18)19/h2-3,6-7H,4-5,8H2,1H3,(H,16,17)(H,18,19). The first-order valence-corrected chi connectivity index (χ1v) is 6.52. The van der Waals surface area contributed by atoms with Crippen molar-refractivity contribution in [3.63, 3.8) is 0 Å². The van der Waals surface area contributed by atoms with Crippen molar-refractivity contribution in [2.75, 3.05) is 6.54 Å². The number of carbonyl (C=O) groups excluding carboxylic acids is 1. The van der Waals surface area contributed by atoms with Crippen molar-refractivity contribution in [3.05, 3.63) is 35.6 Å². The summed E-state index contributed by atoms with van der Waals surface area (Å²) in [5.41, 5.74) is 0.978. The van der Waals surface area contributed by atoms with Crippen LogP contribution >= 0.6 is 0 Å². The number of carboxylic acid groups (broad SMARTS) is 1. The van der Waals surface area contributed by atoms with E-state index in [4.69, 9.17) is 9.52 Å². The van der Waals surface area contributed by atoms with Gasteiger partial charge in [-0.2, -0.15) is 0 Å². The van der Waals surface area contributed by atoms with Gasteiger partial charge in [0.25, 0.3) is 5.91 Å². The Bertz CT molecular complexity index is 697. The van der Waals surface area contributed by atoms with Gasteiger partial charge in [0.1, 0.15) is 5.58 Å². The van der Waals surface area contributed by atoms with Crippen molar-refractivity contribution in [2.45, 2.75) is 19.8 Å². The number of benzene rings is 1. The molecule has 1 heterocycles. The molecule has 1 aliphatic rings. The second-order valence-electron chi connectivity index (χ2n) is 5.42. The summed E-state index contributed by atoms with van der Waals surface area (Å²) < 4.78 is 5.47. The minimum Gasteiger partial charge on any atom is -0.481 e. The van der Waals surface area contributed by atoms with Gasteiger partial charge in [0.05, 0.1) is 5.41 Å². The molecule has 1 aromatic heterocycles. The monoisotopic (exact) mass is 273 g/mol. The highest BCUT2D eigenvalue weighted by Crippen LogP contribution is 2.45. The summed E-state index contributed by atoms with van der Waals surface area (Å²) in [7, 11) is 0. The lowest BCUT2D eigenvalue weighted by Gasteiger charge is -2.09. The van der Waals surface area contributed by atoms with Crippen molar-refractivity contribution < 1.29 is 19.1 Å². The van der Waals surface area contributed by atoms with Gasteiger partial charge in [0.15, 0.2) is 5.76 Å². The number of hydrogen-bond donors (Lipinski definition) is 2. The zero-order chi connectivity index (χ0) is 14.3. The average molecular weight is 273 g/mol. The number of aliphatic carboxylic acids is 1. The molecule has 0 atom stereocenters. The van der Waals surface area contributed by atoms with Crippen LogP contribution in [-0.2, 0) is 4.79 Å². The van der Waals surface area contributed by atoms with Crippen molar-refractivity contribution in [3.8, 4) is 0 Å². The topological polar surface area (TPSA) is 79.5 Å². The first-order chi connectivity index (χ1) is 9.50. The summed E-state index contributed by atoms with van der Waals surface area (Å²) in [4.78, 5) is 23.0. The Morgan fingerprint density at radius 2 is 2.10 bits per heavy atom. The number of furan rings is 1. The number of nitrogens with one attached hydrogen (secondary N) is 1. The molecule has 1 aliphatic carbocycles. The van der Waals surface area contributed by atoms with E-state index in [1.807, 2.05) is 25.1 Å². The Morgan fingerprint density at radius 1 is 1.35 bits per heavy atom. The molecule has 5 nitrogen and oxygen atoms in total. The number of carbonyl (C=O) groups is 2. The Balaban J connectivity index is 1.74. The number of carboxylic acids is 1. The molecular formula is C15H15NO4. The van der Waals surface area contributed by atoms with E-state index in [9.17, 15) is 9.59 Å². The second kappa shape index (κ2) is 4.37. The Labute approximate surface area is 115 Å². The average Bonchev–Trinajstić information content (AvgIpc) is 3.09. The third-order valence-corrected chi connectivity index (χ3v) is 3.79. The maximum Gasteiger partial charge on any atom is 0.311 e. The van der Waals surface area contributed by atoms with Gasteiger partial charge in [-0.1, -0.05) is 11.6 Å². The van der Waals surface area contributed by atoms with Crippen LogP contribution in [0.3, 0.4) is 0 Å². The lowest BCUT2D eigenvalue weighted by Crippen LogP contribution is -2.34. The molecule has 2 aromatic rings. The Morgan fingerprint density at radius 3 is 2.75 bits per heavy atom. The van der Waals surface area contributed by atoms with Crippen LogP contribution in [0.1, 0.15) is 29.0 Å². The SMILES string of the molecule is Cc1ccc2oc(C(=O)NCC3(C(=O)O)CC3)cc2c1. The molecule has 0 radical (unpaired) electrons. The van der Waals surface area contributed by atoms with E-state index < -0.39 is 11.4 Å². The van der Waals surface area contributed by atoms with Crippen LogP contribution in [0.5, 0.6) is 0 Å². The van der Waals surface area contributed by atoms with Gasteiger partial charge in [-0.15, -0.1) is 0 Å². The molecule has 2 N–H and O–H groups in total. The van der Waals surface area contributed by atoms with Crippen molar-refractivity contribution >= 4 is 22.8 Å². The second-order valence-corrected chi connectivity index (χ2v) is 5.42. The molecule has 0 spiro atoms. The lowest BCUT2D eigenvalue weighted by molar-refractivity contribution is -0.143. The third-order valence-electron chi connectivity index (χ3n) is 3.79. The molecule has 20 heavy (non-hydrogen) atoms. The highest BCUT2D eigenvalue weighted by atomic mass is 16.4. The minimum absolute atomic E-state index is 0.150. The molecule has 0 unspecified atom stereocenters. The van der Waals surface area contributed by atoms with Gasteiger partial charge in [0, 0.05) is 11.9 Å². The summed E-state index contributed by atoms with van der Waals surface area (Å²) in [6.07, 6.45) is 1.23. The van der Waals surface area contributed by atoms with Crippen LogP contribution in [0.25, 0.3) is 11.0 Å². The third kappa shape index (κ3) is 2.15. The summed E-state index contributed by atoms with van der Waals surface area (Å²) in [6.45, 7) is 2.12. The predicted molar refractivity (Wildman–Crippen MR) is 72.6 cm³/mol. The summed E-state index contributed by atoms with van der Waals surface area (Å²) in [5, 5.41) is 12.6. The molecule has 5 heteroatoms. The van der Waals surface area contributed by atoms with Crippen LogP contribution in [0.15, 0.2) is 28.7 Å². The molecular weight excluding hydrogens is 258 g/mol. The van der Waals surface area contributed by atoms with Crippen LogP contribution in [-0.4, -0.2) is 23.5 Å². The van der Waals surface area contributed by atoms with E-state index in [1.54, 1.807) is 6.07 Å². The van der Waals surface area contributed by atoms with Crippen LogP contribution in [0, 0.1) is 12.3 Å². The highest BCUT2D eigenvalue weighted by molar-refractivity contribution is 5.96. The molecule has 3 rings (SSSR count). The Kier molecular flexibility index (Phi) is 2.78. The maximum absolute atomic E-state index is 12.0. The number of amides is 1. The van der Waals surface area contributed by atoms with Gasteiger partial charge in [-0.05, 0) is 38.0 Å². The fourth-order valence-electron chi connectivity index (χ4n) is 2.23. The molecule has 1 fully saturated rings. The first kappa shape index (κ1) is 12.7. The molecule has 0 saturated heterocycles. The van der Waals surface area contributed by atoms with Gasteiger partial charge in [0.2, 0.25) is 0 Å². The van der Waals surface area contributed by atoms with Crippen LogP contribution in [0.4, 0.5) is 0 Å². The molecule has 0 aliphatic heterocycles. The fourth-order valence-corrected chi connectivity index (χ4v) is 2.23. The van der Waals surface area contributed by atoms with E-state index in [-0.39, 0.29) is 18.2 Å². The number of aryl methyl sites for hydroxylation is 1. The zero-order valence-corrected chi connectivity index (χ0v) is 11.1. The Hall–Kier alpha value is -2.30.